The fourth-order valence-electron chi connectivity index (χ4n) is 2.86. The summed E-state index contributed by atoms with van der Waals surface area (Å²) in [7, 11) is 0. The van der Waals surface area contributed by atoms with Crippen molar-refractivity contribution >= 4 is 38.9 Å². The summed E-state index contributed by atoms with van der Waals surface area (Å²) in [6.45, 7) is 4.70. The van der Waals surface area contributed by atoms with Gasteiger partial charge in [-0.2, -0.15) is 0 Å². The lowest BCUT2D eigenvalue weighted by atomic mass is 9.99. The second-order valence-electron chi connectivity index (χ2n) is 5.71. The topological polar surface area (TPSA) is 15.3 Å². The molecule has 2 nitrogen and oxygen atoms in total. The fraction of sp³-hybridized carbons (Fsp3) is 0.714. The van der Waals surface area contributed by atoms with Gasteiger partial charge in [-0.05, 0) is 66.7 Å². The molecule has 0 spiro atoms. The molecule has 1 saturated carbocycles. The van der Waals surface area contributed by atoms with Crippen LogP contribution >= 0.6 is 38.9 Å². The summed E-state index contributed by atoms with van der Waals surface area (Å²) in [5.41, 5.74) is 0. The number of piperidine rings is 1. The van der Waals surface area contributed by atoms with E-state index < -0.39 is 0 Å². The molecule has 1 atom stereocenters. The van der Waals surface area contributed by atoms with E-state index in [1.807, 2.05) is 0 Å². The van der Waals surface area contributed by atoms with Gasteiger partial charge in [-0.15, -0.1) is 11.3 Å². The molecule has 2 heterocycles. The van der Waals surface area contributed by atoms with Crippen LogP contribution in [0.5, 0.6) is 0 Å². The second-order valence-corrected chi connectivity index (χ2v) is 8.30. The average Bonchev–Trinajstić information content (AvgIpc) is 3.18. The zero-order chi connectivity index (χ0) is 13.2. The first-order chi connectivity index (χ1) is 9.22. The van der Waals surface area contributed by atoms with Gasteiger partial charge in [0.05, 0.1) is 0 Å². The van der Waals surface area contributed by atoms with Crippen LogP contribution in [-0.2, 0) is 6.54 Å². The maximum Gasteiger partial charge on any atom is 0.107 e. The Labute approximate surface area is 132 Å². The van der Waals surface area contributed by atoms with E-state index in [1.165, 1.54) is 50.2 Å². The van der Waals surface area contributed by atoms with Crippen molar-refractivity contribution < 1.29 is 0 Å². The number of rotatable bonds is 5. The predicted molar refractivity (Wildman–Crippen MR) is 86.1 cm³/mol. The van der Waals surface area contributed by atoms with Crippen LogP contribution < -0.4 is 5.32 Å². The Morgan fingerprint density at radius 2 is 2.26 bits per heavy atom. The molecule has 0 radical (unpaired) electrons. The van der Waals surface area contributed by atoms with E-state index in [2.05, 4.69) is 32.2 Å². The lowest BCUT2D eigenvalue weighted by molar-refractivity contribution is 0.194. The molecule has 19 heavy (non-hydrogen) atoms. The molecular weight excluding hydrogens is 344 g/mol. The normalized spacial score (nSPS) is 24.1. The van der Waals surface area contributed by atoms with Crippen molar-refractivity contribution in [2.24, 2.45) is 5.92 Å². The van der Waals surface area contributed by atoms with Crippen molar-refractivity contribution in [1.82, 2.24) is 10.2 Å². The fourth-order valence-corrected chi connectivity index (χ4v) is 4.68. The molecule has 5 heteroatoms. The van der Waals surface area contributed by atoms with Crippen LogP contribution in [0.25, 0.3) is 0 Å². The number of hydrogen-bond acceptors (Lipinski definition) is 3. The molecule has 3 rings (SSSR count). The molecule has 1 aliphatic heterocycles. The highest BCUT2D eigenvalue weighted by molar-refractivity contribution is 9.10. The Balaban J connectivity index is 1.60. The van der Waals surface area contributed by atoms with E-state index in [0.717, 1.165) is 27.3 Å². The third-order valence-electron chi connectivity index (χ3n) is 4.01. The summed E-state index contributed by atoms with van der Waals surface area (Å²) in [4.78, 5) is 4.05. The lowest BCUT2D eigenvalue weighted by Crippen LogP contribution is -2.38. The second kappa shape index (κ2) is 6.44. The maximum absolute atomic E-state index is 6.14. The monoisotopic (exact) mass is 362 g/mol. The van der Waals surface area contributed by atoms with Crippen LogP contribution in [-0.4, -0.2) is 30.6 Å². The largest absolute Gasteiger partial charge is 0.316 e. The highest BCUT2D eigenvalue weighted by Gasteiger charge is 2.31. The minimum absolute atomic E-state index is 0.821. The molecule has 1 saturated heterocycles. The van der Waals surface area contributed by atoms with Crippen molar-refractivity contribution in [1.29, 1.82) is 0 Å². The van der Waals surface area contributed by atoms with Gasteiger partial charge >= 0.3 is 0 Å². The van der Waals surface area contributed by atoms with Crippen LogP contribution in [0.2, 0.25) is 4.34 Å². The molecule has 1 aliphatic carbocycles. The Morgan fingerprint density at radius 3 is 2.84 bits per heavy atom. The van der Waals surface area contributed by atoms with Crippen LogP contribution in [0.15, 0.2) is 10.5 Å². The predicted octanol–water partition coefficient (Wildman–Crippen LogP) is 4.13. The SMILES string of the molecule is Clc1sc(CN(CC2CCCNC2)C2CC2)cc1Br. The van der Waals surface area contributed by atoms with E-state index in [1.54, 1.807) is 11.3 Å². The van der Waals surface area contributed by atoms with Crippen LogP contribution in [0.4, 0.5) is 0 Å². The maximum atomic E-state index is 6.14. The zero-order valence-electron chi connectivity index (χ0n) is 11.0. The standard InChI is InChI=1S/C14H20BrClN2S/c15-13-6-12(19-14(13)16)9-18(11-3-4-11)8-10-2-1-5-17-7-10/h6,10-11,17H,1-5,7-9H2. The third kappa shape index (κ3) is 3.94. The first kappa shape index (κ1) is 14.3. The number of nitrogens with one attached hydrogen (secondary N) is 1. The smallest absolute Gasteiger partial charge is 0.107 e. The number of nitrogens with zero attached hydrogens (tertiary/aromatic N) is 1. The van der Waals surface area contributed by atoms with Crippen molar-refractivity contribution in [2.75, 3.05) is 19.6 Å². The van der Waals surface area contributed by atoms with E-state index in [9.17, 15) is 0 Å². The highest BCUT2D eigenvalue weighted by Crippen LogP contribution is 2.35. The van der Waals surface area contributed by atoms with Crippen molar-refractivity contribution in [2.45, 2.75) is 38.3 Å². The summed E-state index contributed by atoms with van der Waals surface area (Å²) in [5, 5.41) is 3.52. The van der Waals surface area contributed by atoms with Gasteiger partial charge in [0, 0.05) is 28.5 Å². The molecular formula is C14H20BrClN2S. The first-order valence-corrected chi connectivity index (χ1v) is 9.09. The number of hydrogen-bond donors (Lipinski definition) is 1. The molecule has 2 fully saturated rings. The highest BCUT2D eigenvalue weighted by atomic mass is 79.9. The van der Waals surface area contributed by atoms with Crippen LogP contribution in [0.1, 0.15) is 30.6 Å². The van der Waals surface area contributed by atoms with Gasteiger partial charge in [0.15, 0.2) is 0 Å². The van der Waals surface area contributed by atoms with E-state index >= 15 is 0 Å². The molecule has 1 aromatic rings. The quantitative estimate of drug-likeness (QED) is 0.846. The van der Waals surface area contributed by atoms with E-state index in [4.69, 9.17) is 11.6 Å². The van der Waals surface area contributed by atoms with Gasteiger partial charge < -0.3 is 5.32 Å². The molecule has 1 unspecified atom stereocenters. The number of thiophene rings is 1. The minimum Gasteiger partial charge on any atom is -0.316 e. The molecule has 1 N–H and O–H groups in total. The summed E-state index contributed by atoms with van der Waals surface area (Å²) < 4.78 is 1.93. The Bertz CT molecular complexity index is 408. The molecule has 1 aromatic heterocycles. The molecule has 0 amide bonds. The summed E-state index contributed by atoms with van der Waals surface area (Å²) in [6, 6.07) is 3.00. The summed E-state index contributed by atoms with van der Waals surface area (Å²) in [5.74, 6) is 0.827. The summed E-state index contributed by atoms with van der Waals surface area (Å²) in [6.07, 6.45) is 5.46. The Kier molecular flexibility index (Phi) is 4.86. The minimum atomic E-state index is 0.821. The van der Waals surface area contributed by atoms with Crippen molar-refractivity contribution in [3.05, 3.63) is 19.8 Å². The Hall–Kier alpha value is 0.390. The first-order valence-electron chi connectivity index (χ1n) is 7.11. The summed E-state index contributed by atoms with van der Waals surface area (Å²) >= 11 is 11.4. The van der Waals surface area contributed by atoms with Gasteiger partial charge in [-0.3, -0.25) is 4.90 Å². The lowest BCUT2D eigenvalue weighted by Gasteiger charge is -2.30. The average molecular weight is 364 g/mol. The van der Waals surface area contributed by atoms with Gasteiger partial charge in [0.2, 0.25) is 0 Å². The van der Waals surface area contributed by atoms with Crippen LogP contribution in [0.3, 0.4) is 0 Å². The Morgan fingerprint density at radius 1 is 1.42 bits per heavy atom. The van der Waals surface area contributed by atoms with Crippen LogP contribution in [0, 0.1) is 5.92 Å². The van der Waals surface area contributed by atoms with Gasteiger partial charge in [0.1, 0.15) is 4.34 Å². The third-order valence-corrected chi connectivity index (χ3v) is 6.47. The molecule has 0 aromatic carbocycles. The van der Waals surface area contributed by atoms with Gasteiger partial charge in [0.25, 0.3) is 0 Å². The van der Waals surface area contributed by atoms with E-state index in [-0.39, 0.29) is 0 Å². The zero-order valence-corrected chi connectivity index (χ0v) is 14.2. The van der Waals surface area contributed by atoms with E-state index in [0.29, 0.717) is 0 Å². The van der Waals surface area contributed by atoms with Gasteiger partial charge in [-0.1, -0.05) is 11.6 Å². The van der Waals surface area contributed by atoms with Crippen molar-refractivity contribution in [3.8, 4) is 0 Å². The number of halogens is 2. The van der Waals surface area contributed by atoms with Gasteiger partial charge in [-0.25, -0.2) is 0 Å². The molecule has 2 aliphatic rings. The molecule has 106 valence electrons. The molecule has 0 bridgehead atoms. The van der Waals surface area contributed by atoms with Crippen molar-refractivity contribution in [3.63, 3.8) is 0 Å².